The number of aryl methyl sites for hydroxylation is 1. The summed E-state index contributed by atoms with van der Waals surface area (Å²) >= 11 is 0. The lowest BCUT2D eigenvalue weighted by molar-refractivity contribution is -0.123. The molecule has 0 saturated carbocycles. The lowest BCUT2D eigenvalue weighted by atomic mass is 10.3. The first-order valence-corrected chi connectivity index (χ1v) is 5.73. The van der Waals surface area contributed by atoms with E-state index in [1.165, 1.54) is 0 Å². The number of nitrogens with two attached hydrogens (primary N) is 1. The maximum absolute atomic E-state index is 11.4. The third kappa shape index (κ3) is 4.40. The van der Waals surface area contributed by atoms with Gasteiger partial charge in [0.25, 0.3) is 5.91 Å². The van der Waals surface area contributed by atoms with Crippen molar-refractivity contribution in [1.29, 1.82) is 0 Å². The summed E-state index contributed by atoms with van der Waals surface area (Å²) < 4.78 is 5.39. The summed E-state index contributed by atoms with van der Waals surface area (Å²) in [6, 6.07) is 3.62. The normalized spacial score (nSPS) is 10.1. The van der Waals surface area contributed by atoms with Crippen LogP contribution in [0, 0.1) is 6.92 Å². The number of hydrogen-bond donors (Lipinski definition) is 2. The number of rotatable bonds is 6. The average Bonchev–Trinajstić information content (AvgIpc) is 2.34. The van der Waals surface area contributed by atoms with Crippen LogP contribution < -0.4 is 15.8 Å². The van der Waals surface area contributed by atoms with E-state index in [4.69, 9.17) is 10.5 Å². The van der Waals surface area contributed by atoms with Crippen molar-refractivity contribution in [1.82, 2.24) is 10.3 Å². The Morgan fingerprint density at radius 1 is 1.53 bits per heavy atom. The molecule has 94 valence electrons. The van der Waals surface area contributed by atoms with E-state index in [2.05, 4.69) is 10.3 Å². The van der Waals surface area contributed by atoms with Crippen LogP contribution in [0.1, 0.15) is 24.7 Å². The van der Waals surface area contributed by atoms with Crippen molar-refractivity contribution >= 4 is 5.91 Å². The Bertz CT molecular complexity index is 380. The van der Waals surface area contributed by atoms with Crippen LogP contribution in [0.3, 0.4) is 0 Å². The molecule has 0 aliphatic carbocycles. The number of aromatic nitrogens is 1. The molecule has 0 aromatic carbocycles. The van der Waals surface area contributed by atoms with E-state index >= 15 is 0 Å². The lowest BCUT2D eigenvalue weighted by Gasteiger charge is -2.10. The van der Waals surface area contributed by atoms with E-state index in [0.717, 1.165) is 12.1 Å². The first-order chi connectivity index (χ1) is 8.17. The van der Waals surface area contributed by atoms with Crippen molar-refractivity contribution in [2.24, 2.45) is 5.73 Å². The summed E-state index contributed by atoms with van der Waals surface area (Å²) in [6.45, 7) is 4.85. The number of nitrogens with zero attached hydrogens (tertiary/aromatic N) is 1. The second kappa shape index (κ2) is 6.85. The SMILES string of the molecule is CCCNC(=O)COc1ccc(C)nc1CN. The largest absolute Gasteiger partial charge is 0.482 e. The minimum Gasteiger partial charge on any atom is -0.482 e. The predicted molar refractivity (Wildman–Crippen MR) is 65.7 cm³/mol. The Balaban J connectivity index is 2.54. The fraction of sp³-hybridized carbons (Fsp3) is 0.500. The predicted octanol–water partition coefficient (Wildman–Crippen LogP) is 0.754. The summed E-state index contributed by atoms with van der Waals surface area (Å²) in [4.78, 5) is 15.6. The van der Waals surface area contributed by atoms with Crippen LogP contribution >= 0.6 is 0 Å². The highest BCUT2D eigenvalue weighted by Crippen LogP contribution is 2.15. The van der Waals surface area contributed by atoms with Crippen molar-refractivity contribution in [2.45, 2.75) is 26.8 Å². The van der Waals surface area contributed by atoms with E-state index in [0.29, 0.717) is 24.5 Å². The Hall–Kier alpha value is -1.62. The van der Waals surface area contributed by atoms with Gasteiger partial charge in [-0.15, -0.1) is 0 Å². The fourth-order valence-electron chi connectivity index (χ4n) is 1.33. The smallest absolute Gasteiger partial charge is 0.257 e. The van der Waals surface area contributed by atoms with Gasteiger partial charge in [-0.25, -0.2) is 0 Å². The molecule has 5 nitrogen and oxygen atoms in total. The monoisotopic (exact) mass is 237 g/mol. The van der Waals surface area contributed by atoms with Gasteiger partial charge in [0.2, 0.25) is 0 Å². The molecule has 0 aliphatic rings. The number of carbonyl (C=O) groups is 1. The summed E-state index contributed by atoms with van der Waals surface area (Å²) in [5, 5.41) is 2.74. The van der Waals surface area contributed by atoms with E-state index in [9.17, 15) is 4.79 Å². The van der Waals surface area contributed by atoms with Gasteiger partial charge in [-0.2, -0.15) is 0 Å². The molecular formula is C12H19N3O2. The van der Waals surface area contributed by atoms with Crippen molar-refractivity contribution in [3.8, 4) is 5.75 Å². The molecule has 1 amide bonds. The van der Waals surface area contributed by atoms with Crippen LogP contribution in [0.25, 0.3) is 0 Å². The quantitative estimate of drug-likeness (QED) is 0.765. The second-order valence-corrected chi connectivity index (χ2v) is 3.74. The van der Waals surface area contributed by atoms with Crippen LogP contribution in [-0.4, -0.2) is 24.0 Å². The number of hydrogen-bond acceptors (Lipinski definition) is 4. The number of carbonyl (C=O) groups excluding carboxylic acids is 1. The molecule has 0 saturated heterocycles. The average molecular weight is 237 g/mol. The molecular weight excluding hydrogens is 218 g/mol. The lowest BCUT2D eigenvalue weighted by Crippen LogP contribution is -2.29. The zero-order chi connectivity index (χ0) is 12.7. The topological polar surface area (TPSA) is 77.2 Å². The highest BCUT2D eigenvalue weighted by atomic mass is 16.5. The highest BCUT2D eigenvalue weighted by molar-refractivity contribution is 5.77. The molecule has 0 bridgehead atoms. The van der Waals surface area contributed by atoms with E-state index < -0.39 is 0 Å². The zero-order valence-electron chi connectivity index (χ0n) is 10.3. The minimum atomic E-state index is -0.129. The third-order valence-electron chi connectivity index (χ3n) is 2.20. The van der Waals surface area contributed by atoms with E-state index in [1.807, 2.05) is 19.9 Å². The summed E-state index contributed by atoms with van der Waals surface area (Å²) in [7, 11) is 0. The molecule has 17 heavy (non-hydrogen) atoms. The van der Waals surface area contributed by atoms with Gasteiger partial charge in [-0.1, -0.05) is 6.92 Å². The fourth-order valence-corrected chi connectivity index (χ4v) is 1.33. The Morgan fingerprint density at radius 2 is 2.29 bits per heavy atom. The van der Waals surface area contributed by atoms with Gasteiger partial charge in [0.05, 0.1) is 5.69 Å². The molecule has 1 aromatic heterocycles. The number of ether oxygens (including phenoxy) is 1. The Kier molecular flexibility index (Phi) is 5.42. The zero-order valence-corrected chi connectivity index (χ0v) is 10.3. The third-order valence-corrected chi connectivity index (χ3v) is 2.20. The molecule has 0 fully saturated rings. The van der Waals surface area contributed by atoms with Crippen molar-refractivity contribution < 1.29 is 9.53 Å². The van der Waals surface area contributed by atoms with Crippen LogP contribution in [-0.2, 0) is 11.3 Å². The highest BCUT2D eigenvalue weighted by Gasteiger charge is 2.06. The van der Waals surface area contributed by atoms with Gasteiger partial charge in [-0.3, -0.25) is 9.78 Å². The van der Waals surface area contributed by atoms with Crippen molar-refractivity contribution in [3.63, 3.8) is 0 Å². The summed E-state index contributed by atoms with van der Waals surface area (Å²) in [5.41, 5.74) is 7.12. The van der Waals surface area contributed by atoms with Crippen LogP contribution in [0.4, 0.5) is 0 Å². The van der Waals surface area contributed by atoms with Gasteiger partial charge in [-0.05, 0) is 25.5 Å². The maximum Gasteiger partial charge on any atom is 0.257 e. The van der Waals surface area contributed by atoms with Crippen LogP contribution in [0.15, 0.2) is 12.1 Å². The van der Waals surface area contributed by atoms with E-state index in [1.54, 1.807) is 6.07 Å². The molecule has 0 atom stereocenters. The van der Waals surface area contributed by atoms with Gasteiger partial charge < -0.3 is 15.8 Å². The van der Waals surface area contributed by atoms with E-state index in [-0.39, 0.29) is 12.5 Å². The molecule has 1 heterocycles. The second-order valence-electron chi connectivity index (χ2n) is 3.74. The Morgan fingerprint density at radius 3 is 2.94 bits per heavy atom. The van der Waals surface area contributed by atoms with Crippen LogP contribution in [0.2, 0.25) is 0 Å². The van der Waals surface area contributed by atoms with Gasteiger partial charge in [0, 0.05) is 18.8 Å². The first-order valence-electron chi connectivity index (χ1n) is 5.73. The van der Waals surface area contributed by atoms with Crippen molar-refractivity contribution in [2.75, 3.05) is 13.2 Å². The molecule has 0 aliphatic heterocycles. The minimum absolute atomic E-state index is 0.00224. The maximum atomic E-state index is 11.4. The van der Waals surface area contributed by atoms with Gasteiger partial charge in [0.15, 0.2) is 6.61 Å². The Labute approximate surface area is 101 Å². The van der Waals surface area contributed by atoms with Crippen LogP contribution in [0.5, 0.6) is 5.75 Å². The molecule has 0 spiro atoms. The summed E-state index contributed by atoms with van der Waals surface area (Å²) in [6.07, 6.45) is 0.909. The molecule has 5 heteroatoms. The molecule has 1 aromatic rings. The first kappa shape index (κ1) is 13.4. The molecule has 0 radical (unpaired) electrons. The standard InChI is InChI=1S/C12H19N3O2/c1-3-6-14-12(16)8-17-11-5-4-9(2)15-10(11)7-13/h4-5H,3,6-8,13H2,1-2H3,(H,14,16). The number of nitrogens with one attached hydrogen (secondary N) is 1. The number of pyridine rings is 1. The molecule has 1 rings (SSSR count). The number of amides is 1. The summed E-state index contributed by atoms with van der Waals surface area (Å²) in [5.74, 6) is 0.445. The van der Waals surface area contributed by atoms with Gasteiger partial charge >= 0.3 is 0 Å². The van der Waals surface area contributed by atoms with Gasteiger partial charge in [0.1, 0.15) is 5.75 Å². The van der Waals surface area contributed by atoms with Crippen molar-refractivity contribution in [3.05, 3.63) is 23.5 Å². The molecule has 3 N–H and O–H groups in total. The molecule has 0 unspecified atom stereocenters.